The van der Waals surface area contributed by atoms with Crippen molar-refractivity contribution in [3.05, 3.63) is 35.9 Å². The zero-order chi connectivity index (χ0) is 20.6. The minimum absolute atomic E-state index is 0.0990. The van der Waals surface area contributed by atoms with Crippen molar-refractivity contribution in [1.29, 1.82) is 0 Å². The first-order valence-electron chi connectivity index (χ1n) is 8.32. The number of nitrogens with one attached hydrogen (secondary N) is 2. The van der Waals surface area contributed by atoms with Gasteiger partial charge in [-0.15, -0.1) is 0 Å². The SMILES string of the molecule is [2H]N(C(=O)OCc1ccccc1)[C@H](C(=O)N[C@@H](CC(=O)O)C(=O)O)C(C)C. The zero-order valence-corrected chi connectivity index (χ0v) is 14.4. The van der Waals surface area contributed by atoms with E-state index >= 15 is 0 Å². The zero-order valence-electron chi connectivity index (χ0n) is 15.4. The molecule has 1 rings (SSSR count). The highest BCUT2D eigenvalue weighted by molar-refractivity contribution is 5.91. The molecule has 1 aromatic carbocycles. The van der Waals surface area contributed by atoms with Crippen molar-refractivity contribution in [3.63, 3.8) is 0 Å². The summed E-state index contributed by atoms with van der Waals surface area (Å²) in [5.41, 5.74) is 0.692. The van der Waals surface area contributed by atoms with Crippen LogP contribution in [0.5, 0.6) is 0 Å². The molecule has 0 bridgehead atoms. The molecule has 0 saturated heterocycles. The molecular weight excluding hydrogens is 344 g/mol. The van der Waals surface area contributed by atoms with Crippen molar-refractivity contribution < 1.29 is 35.5 Å². The predicted octanol–water partition coefficient (Wildman–Crippen LogP) is 0.981. The molecule has 4 N–H and O–H groups in total. The lowest BCUT2D eigenvalue weighted by molar-refractivity contribution is -0.147. The van der Waals surface area contributed by atoms with Gasteiger partial charge in [0, 0.05) is 0 Å². The van der Waals surface area contributed by atoms with Gasteiger partial charge in [-0.05, 0) is 11.5 Å². The maximum atomic E-state index is 12.4. The Morgan fingerprint density at radius 3 is 2.27 bits per heavy atom. The maximum absolute atomic E-state index is 12.4. The average Bonchev–Trinajstić information content (AvgIpc) is 2.59. The van der Waals surface area contributed by atoms with Crippen molar-refractivity contribution in [2.75, 3.05) is 0 Å². The first-order valence-corrected chi connectivity index (χ1v) is 7.87. The predicted molar refractivity (Wildman–Crippen MR) is 90.2 cm³/mol. The molecule has 0 heterocycles. The molecule has 0 spiro atoms. The molecule has 0 aliphatic heterocycles. The van der Waals surface area contributed by atoms with E-state index in [1.54, 1.807) is 44.2 Å². The van der Waals surface area contributed by atoms with Crippen LogP contribution in [-0.2, 0) is 25.7 Å². The molecule has 0 aliphatic carbocycles. The molecule has 0 unspecified atom stereocenters. The van der Waals surface area contributed by atoms with Gasteiger partial charge in [0.25, 0.3) is 0 Å². The summed E-state index contributed by atoms with van der Waals surface area (Å²) in [4.78, 5) is 46.3. The fraction of sp³-hybridized carbons (Fsp3) is 0.412. The molecule has 0 saturated carbocycles. The molecule has 26 heavy (non-hydrogen) atoms. The summed E-state index contributed by atoms with van der Waals surface area (Å²) >= 11 is 0. The highest BCUT2D eigenvalue weighted by Crippen LogP contribution is 2.06. The first kappa shape index (κ1) is 19.2. The van der Waals surface area contributed by atoms with Crippen LogP contribution in [0.3, 0.4) is 0 Å². The van der Waals surface area contributed by atoms with Gasteiger partial charge in [-0.3, -0.25) is 9.59 Å². The second-order valence-electron chi connectivity index (χ2n) is 5.86. The van der Waals surface area contributed by atoms with Crippen LogP contribution < -0.4 is 10.6 Å². The van der Waals surface area contributed by atoms with E-state index in [-0.39, 0.29) is 6.61 Å². The number of aliphatic carboxylic acids is 2. The van der Waals surface area contributed by atoms with Gasteiger partial charge in [0.15, 0.2) is 1.41 Å². The average molecular weight is 367 g/mol. The van der Waals surface area contributed by atoms with Gasteiger partial charge in [-0.1, -0.05) is 44.2 Å². The quantitative estimate of drug-likeness (QED) is 0.509. The van der Waals surface area contributed by atoms with E-state index in [2.05, 4.69) is 5.32 Å². The Labute approximate surface area is 151 Å². The summed E-state index contributed by atoms with van der Waals surface area (Å²) in [6, 6.07) is 5.70. The highest BCUT2D eigenvalue weighted by atomic mass is 16.5. The minimum Gasteiger partial charge on any atom is -0.481 e. The number of amides is 2. The molecule has 1 aromatic rings. The Kier molecular flexibility index (Phi) is 7.41. The molecule has 2 amide bonds. The lowest BCUT2D eigenvalue weighted by Gasteiger charge is -2.23. The largest absolute Gasteiger partial charge is 0.481 e. The van der Waals surface area contributed by atoms with Gasteiger partial charge in [0.2, 0.25) is 5.91 Å². The van der Waals surface area contributed by atoms with Crippen molar-refractivity contribution in [2.45, 2.75) is 39.0 Å². The summed E-state index contributed by atoms with van der Waals surface area (Å²) in [5.74, 6) is -4.44. The van der Waals surface area contributed by atoms with E-state index in [4.69, 9.17) is 16.4 Å². The standard InChI is InChI=1S/C17H22N2O7/c1-10(2)14(15(22)18-12(16(23)24)8-13(20)21)19-17(25)26-9-11-6-4-3-5-7-11/h3-7,10,12,14H,8-9H2,1-2H3,(H,18,22)(H,19,25)(H,20,21)(H,23,24)/t12-,14-/m0/s1/i/hD. The lowest BCUT2D eigenvalue weighted by atomic mass is 10.0. The number of rotatable bonds is 9. The molecule has 9 nitrogen and oxygen atoms in total. The smallest absolute Gasteiger partial charge is 0.408 e. The van der Waals surface area contributed by atoms with Crippen LogP contribution in [0.25, 0.3) is 0 Å². The third-order valence-electron chi connectivity index (χ3n) is 3.34. The van der Waals surface area contributed by atoms with E-state index in [1.165, 1.54) is 0 Å². The lowest BCUT2D eigenvalue weighted by Crippen LogP contribution is -2.54. The molecule has 0 aliphatic rings. The van der Waals surface area contributed by atoms with Gasteiger partial charge < -0.3 is 25.6 Å². The number of carboxylic acid groups (broad SMARTS) is 2. The second kappa shape index (κ2) is 10.0. The van der Waals surface area contributed by atoms with Crippen molar-refractivity contribution in [3.8, 4) is 0 Å². The third kappa shape index (κ3) is 7.20. The fourth-order valence-corrected chi connectivity index (χ4v) is 2.01. The van der Waals surface area contributed by atoms with Gasteiger partial charge in [0.05, 0.1) is 6.42 Å². The number of ether oxygens (including phenoxy) is 1. The van der Waals surface area contributed by atoms with E-state index in [1.807, 2.05) is 0 Å². The summed E-state index contributed by atoms with van der Waals surface area (Å²) in [7, 11) is 0. The van der Waals surface area contributed by atoms with Crippen LogP contribution in [0, 0.1) is 5.92 Å². The molecule has 0 fully saturated rings. The van der Waals surface area contributed by atoms with E-state index in [9.17, 15) is 19.2 Å². The summed E-state index contributed by atoms with van der Waals surface area (Å²) in [5, 5.41) is 20.1. The number of hydrogen-bond donors (Lipinski definition) is 4. The van der Waals surface area contributed by atoms with E-state index in [0.717, 1.165) is 0 Å². The molecule has 0 aromatic heterocycles. The van der Waals surface area contributed by atoms with Gasteiger partial charge in [-0.2, -0.15) is 0 Å². The van der Waals surface area contributed by atoms with Crippen LogP contribution in [0.4, 0.5) is 4.79 Å². The number of hydrogen-bond acceptors (Lipinski definition) is 5. The monoisotopic (exact) mass is 367 g/mol. The van der Waals surface area contributed by atoms with Gasteiger partial charge in [-0.25, -0.2) is 9.59 Å². The maximum Gasteiger partial charge on any atom is 0.408 e. The normalized spacial score (nSPS) is 13.3. The Morgan fingerprint density at radius 1 is 1.15 bits per heavy atom. The second-order valence-corrected chi connectivity index (χ2v) is 5.86. The number of alkyl carbamates (subject to hydrolysis) is 1. The van der Waals surface area contributed by atoms with Crippen LogP contribution >= 0.6 is 0 Å². The molecule has 0 radical (unpaired) electrons. The molecule has 9 heteroatoms. The molecule has 2 atom stereocenters. The van der Waals surface area contributed by atoms with Crippen LogP contribution in [0.15, 0.2) is 30.3 Å². The summed E-state index contributed by atoms with van der Waals surface area (Å²) < 4.78 is 12.9. The van der Waals surface area contributed by atoms with Crippen LogP contribution in [0.1, 0.15) is 25.8 Å². The highest BCUT2D eigenvalue weighted by Gasteiger charge is 2.30. The Bertz CT molecular complexity index is 681. The van der Waals surface area contributed by atoms with Gasteiger partial charge in [0.1, 0.15) is 18.7 Å². The van der Waals surface area contributed by atoms with Crippen molar-refractivity contribution in [1.82, 2.24) is 10.6 Å². The molecular formula is C17H22N2O7. The van der Waals surface area contributed by atoms with Crippen molar-refractivity contribution >= 4 is 23.9 Å². The topological polar surface area (TPSA) is 142 Å². The summed E-state index contributed by atoms with van der Waals surface area (Å²) in [6.07, 6.45) is -1.92. The fourth-order valence-electron chi connectivity index (χ4n) is 2.01. The third-order valence-corrected chi connectivity index (χ3v) is 3.34. The number of carboxylic acids is 2. The Hall–Kier alpha value is -3.10. The van der Waals surface area contributed by atoms with E-state index in [0.29, 0.717) is 10.9 Å². The minimum atomic E-state index is -1.68. The Morgan fingerprint density at radius 2 is 1.77 bits per heavy atom. The number of carbonyl (C=O) groups excluding carboxylic acids is 2. The number of benzene rings is 1. The Balaban J connectivity index is 2.79. The summed E-state index contributed by atoms with van der Waals surface area (Å²) in [6.45, 7) is 3.02. The van der Waals surface area contributed by atoms with Crippen LogP contribution in [0.2, 0.25) is 1.41 Å². The molecule has 142 valence electrons. The van der Waals surface area contributed by atoms with E-state index < -0.39 is 48.4 Å². The number of carbonyl (C=O) groups is 4. The van der Waals surface area contributed by atoms with Gasteiger partial charge >= 0.3 is 18.0 Å². The van der Waals surface area contributed by atoms with Crippen molar-refractivity contribution in [2.24, 2.45) is 5.92 Å². The van der Waals surface area contributed by atoms with Crippen LogP contribution in [-0.4, -0.2) is 46.2 Å². The first-order chi connectivity index (χ1) is 12.6.